The molecule has 2 aliphatic carbocycles. The van der Waals surface area contributed by atoms with Gasteiger partial charge in [0.25, 0.3) is 0 Å². The summed E-state index contributed by atoms with van der Waals surface area (Å²) < 4.78 is 70.0. The van der Waals surface area contributed by atoms with Crippen molar-refractivity contribution in [1.29, 1.82) is 0 Å². The zero-order valence-corrected chi connectivity index (χ0v) is 21.1. The van der Waals surface area contributed by atoms with Crippen molar-refractivity contribution >= 4 is 0 Å². The molecule has 2 aromatic carbocycles. The van der Waals surface area contributed by atoms with Gasteiger partial charge in [-0.15, -0.1) is 13.2 Å². The van der Waals surface area contributed by atoms with Gasteiger partial charge in [-0.2, -0.15) is 0 Å². The van der Waals surface area contributed by atoms with Gasteiger partial charge in [0.05, 0.1) is 0 Å². The molecule has 0 heterocycles. The molecule has 0 saturated heterocycles. The van der Waals surface area contributed by atoms with Crippen molar-refractivity contribution in [2.75, 3.05) is 0 Å². The lowest BCUT2D eigenvalue weighted by molar-refractivity contribution is -0.275. The summed E-state index contributed by atoms with van der Waals surface area (Å²) >= 11 is 0. The molecule has 0 aliphatic heterocycles. The lowest BCUT2D eigenvalue weighted by atomic mass is 9.63. The smallest absolute Gasteiger partial charge is 0.403 e. The van der Waals surface area contributed by atoms with Crippen molar-refractivity contribution in [1.82, 2.24) is 0 Å². The van der Waals surface area contributed by atoms with Crippen molar-refractivity contribution in [2.24, 2.45) is 17.8 Å². The van der Waals surface area contributed by atoms with Gasteiger partial charge in [0.2, 0.25) is 0 Å². The minimum Gasteiger partial charge on any atom is -0.403 e. The van der Waals surface area contributed by atoms with E-state index in [4.69, 9.17) is 0 Å². The Morgan fingerprint density at radius 1 is 0.806 bits per heavy atom. The molecule has 4 atom stereocenters. The van der Waals surface area contributed by atoms with Gasteiger partial charge in [0, 0.05) is 5.56 Å². The first-order chi connectivity index (χ1) is 17.2. The fourth-order valence-electron chi connectivity index (χ4n) is 6.48. The van der Waals surface area contributed by atoms with Gasteiger partial charge in [-0.3, -0.25) is 0 Å². The van der Waals surface area contributed by atoms with E-state index in [1.807, 2.05) is 6.07 Å². The van der Waals surface area contributed by atoms with E-state index in [1.165, 1.54) is 76.3 Å². The molecule has 0 aromatic heterocycles. The van der Waals surface area contributed by atoms with Crippen molar-refractivity contribution in [2.45, 2.75) is 96.3 Å². The van der Waals surface area contributed by atoms with E-state index in [1.54, 1.807) is 6.07 Å². The first kappa shape index (κ1) is 26.9. The van der Waals surface area contributed by atoms with Crippen molar-refractivity contribution in [3.8, 4) is 16.9 Å². The second kappa shape index (κ2) is 12.0. The molecule has 198 valence electrons. The molecule has 36 heavy (non-hydrogen) atoms. The van der Waals surface area contributed by atoms with Gasteiger partial charge in [-0.25, -0.2) is 8.78 Å². The Hall–Kier alpha value is -2.11. The Labute approximate surface area is 211 Å². The van der Waals surface area contributed by atoms with E-state index in [2.05, 4.69) is 11.7 Å². The van der Waals surface area contributed by atoms with Crippen molar-refractivity contribution < 1.29 is 26.7 Å². The number of ether oxygens (including phenoxy) is 1. The summed E-state index contributed by atoms with van der Waals surface area (Å²) in [6, 6.07) is 8.05. The van der Waals surface area contributed by atoms with Gasteiger partial charge < -0.3 is 4.74 Å². The Morgan fingerprint density at radius 3 is 2.28 bits per heavy atom. The molecule has 2 aliphatic rings. The van der Waals surface area contributed by atoms with Crippen LogP contribution in [0, 0.1) is 29.4 Å². The van der Waals surface area contributed by atoms with E-state index >= 15 is 4.39 Å². The molecule has 4 unspecified atom stereocenters. The quantitative estimate of drug-likeness (QED) is 0.242. The highest BCUT2D eigenvalue weighted by Gasteiger charge is 2.36. The summed E-state index contributed by atoms with van der Waals surface area (Å²) in [6.45, 7) is 2.25. The SMILES string of the molecule is CCCCCCCC1CCC2CC(c3ccc(-c4ccc(OC(F)(F)F)c(F)c4)c(F)c3)CCC2C1. The third kappa shape index (κ3) is 7.01. The number of unbranched alkanes of at least 4 members (excludes halogenated alkanes) is 4. The predicted octanol–water partition coefficient (Wildman–Crippen LogP) is 10.2. The molecule has 2 saturated carbocycles. The average molecular weight is 509 g/mol. The standard InChI is InChI=1S/C30H37F5O/c1-2-3-4-5-6-7-20-8-9-22-17-23(11-10-21(22)16-20)24-12-14-26(27(31)18-24)25-13-15-29(28(32)19-25)36-30(33,34)35/h12-15,18-23H,2-11,16-17H2,1H3. The largest absolute Gasteiger partial charge is 0.573 e. The fourth-order valence-corrected chi connectivity index (χ4v) is 6.48. The van der Waals surface area contributed by atoms with E-state index in [0.29, 0.717) is 11.8 Å². The van der Waals surface area contributed by atoms with Crippen LogP contribution in [-0.2, 0) is 0 Å². The topological polar surface area (TPSA) is 9.23 Å². The molecule has 2 aromatic rings. The van der Waals surface area contributed by atoms with Crippen LogP contribution in [0.5, 0.6) is 5.75 Å². The van der Waals surface area contributed by atoms with Crippen LogP contribution < -0.4 is 4.74 Å². The summed E-state index contributed by atoms with van der Waals surface area (Å²) in [5.41, 5.74) is 1.32. The number of benzene rings is 2. The molecule has 0 bridgehead atoms. The molecular weight excluding hydrogens is 471 g/mol. The van der Waals surface area contributed by atoms with E-state index in [9.17, 15) is 17.6 Å². The molecule has 0 spiro atoms. The lowest BCUT2D eigenvalue weighted by Gasteiger charge is -2.42. The first-order valence-electron chi connectivity index (χ1n) is 13.6. The summed E-state index contributed by atoms with van der Waals surface area (Å²) in [6.07, 6.45) is 10.4. The van der Waals surface area contributed by atoms with E-state index in [0.717, 1.165) is 42.4 Å². The number of fused-ring (bicyclic) bond motifs is 1. The molecule has 0 radical (unpaired) electrons. The van der Waals surface area contributed by atoms with Crippen LogP contribution in [0.4, 0.5) is 22.0 Å². The van der Waals surface area contributed by atoms with E-state index in [-0.39, 0.29) is 11.1 Å². The average Bonchev–Trinajstić information content (AvgIpc) is 2.84. The molecule has 2 fully saturated rings. The Morgan fingerprint density at radius 2 is 1.56 bits per heavy atom. The van der Waals surface area contributed by atoms with E-state index < -0.39 is 23.7 Å². The minimum atomic E-state index is -4.98. The highest BCUT2D eigenvalue weighted by Crippen LogP contribution is 2.48. The Bertz CT molecular complexity index is 1000. The van der Waals surface area contributed by atoms with Crippen LogP contribution in [0.15, 0.2) is 36.4 Å². The Balaban J connectivity index is 1.34. The Kier molecular flexibility index (Phi) is 8.95. The number of rotatable bonds is 9. The number of hydrogen-bond acceptors (Lipinski definition) is 1. The third-order valence-electron chi connectivity index (χ3n) is 8.37. The van der Waals surface area contributed by atoms with Gasteiger partial charge in [0.1, 0.15) is 5.82 Å². The van der Waals surface area contributed by atoms with Crippen LogP contribution in [0.25, 0.3) is 11.1 Å². The maximum Gasteiger partial charge on any atom is 0.573 e. The highest BCUT2D eigenvalue weighted by molar-refractivity contribution is 5.65. The lowest BCUT2D eigenvalue weighted by Crippen LogP contribution is -2.30. The first-order valence-corrected chi connectivity index (χ1v) is 13.6. The third-order valence-corrected chi connectivity index (χ3v) is 8.37. The normalized spacial score (nSPS) is 24.4. The van der Waals surface area contributed by atoms with Gasteiger partial charge in [-0.1, -0.05) is 70.1 Å². The maximum atomic E-state index is 15.0. The predicted molar refractivity (Wildman–Crippen MR) is 133 cm³/mol. The molecule has 0 N–H and O–H groups in total. The second-order valence-electron chi connectivity index (χ2n) is 10.8. The van der Waals surface area contributed by atoms with Gasteiger partial charge in [-0.05, 0) is 85.1 Å². The molecule has 1 nitrogen and oxygen atoms in total. The molecule has 6 heteroatoms. The maximum absolute atomic E-state index is 15.0. The summed E-state index contributed by atoms with van der Waals surface area (Å²) in [4.78, 5) is 0. The summed E-state index contributed by atoms with van der Waals surface area (Å²) in [5, 5.41) is 0. The van der Waals surface area contributed by atoms with Crippen LogP contribution in [0.2, 0.25) is 0 Å². The summed E-state index contributed by atoms with van der Waals surface area (Å²) in [7, 11) is 0. The van der Waals surface area contributed by atoms with Crippen LogP contribution >= 0.6 is 0 Å². The second-order valence-corrected chi connectivity index (χ2v) is 10.8. The zero-order chi connectivity index (χ0) is 25.7. The van der Waals surface area contributed by atoms with Crippen molar-refractivity contribution in [3.63, 3.8) is 0 Å². The zero-order valence-electron chi connectivity index (χ0n) is 21.1. The van der Waals surface area contributed by atoms with Crippen LogP contribution in [0.1, 0.15) is 95.5 Å². The van der Waals surface area contributed by atoms with Crippen LogP contribution in [-0.4, -0.2) is 6.36 Å². The van der Waals surface area contributed by atoms with Gasteiger partial charge >= 0.3 is 6.36 Å². The number of alkyl halides is 3. The highest BCUT2D eigenvalue weighted by atomic mass is 19.4. The monoisotopic (exact) mass is 508 g/mol. The molecular formula is C30H37F5O. The number of halogens is 5. The summed E-state index contributed by atoms with van der Waals surface area (Å²) in [5.74, 6) is 0.104. The fraction of sp³-hybridized carbons (Fsp3) is 0.600. The van der Waals surface area contributed by atoms with Crippen LogP contribution in [0.3, 0.4) is 0 Å². The molecule has 4 rings (SSSR count). The molecule has 0 amide bonds. The number of hydrogen-bond donors (Lipinski definition) is 0. The van der Waals surface area contributed by atoms with Crippen molar-refractivity contribution in [3.05, 3.63) is 53.6 Å². The van der Waals surface area contributed by atoms with Gasteiger partial charge in [0.15, 0.2) is 11.6 Å². The minimum absolute atomic E-state index is 0.171.